The summed E-state index contributed by atoms with van der Waals surface area (Å²) >= 11 is 0. The largest absolute Gasteiger partial charge is 0.460 e. The molecule has 0 spiro atoms. The van der Waals surface area contributed by atoms with E-state index in [4.69, 9.17) is 10.2 Å². The van der Waals surface area contributed by atoms with E-state index < -0.39 is 0 Å². The molecule has 2 heterocycles. The molecule has 0 bridgehead atoms. The number of nitrogens with zero attached hydrogens (tertiary/aromatic N) is 3. The van der Waals surface area contributed by atoms with E-state index in [1.54, 1.807) is 24.1 Å². The minimum atomic E-state index is -0.227. The summed E-state index contributed by atoms with van der Waals surface area (Å²) in [6, 6.07) is 14.9. The van der Waals surface area contributed by atoms with Crippen LogP contribution in [0.2, 0.25) is 0 Å². The Bertz CT molecular complexity index is 889. The van der Waals surface area contributed by atoms with Crippen molar-refractivity contribution in [3.05, 3.63) is 65.5 Å². The molecule has 0 saturated heterocycles. The molecule has 3 rings (SSSR count). The molecule has 2 aromatic heterocycles. The van der Waals surface area contributed by atoms with Crippen LogP contribution in [0.3, 0.4) is 0 Å². The molecule has 25 heavy (non-hydrogen) atoms. The zero-order valence-electron chi connectivity index (χ0n) is 14.4. The van der Waals surface area contributed by atoms with Gasteiger partial charge in [-0.05, 0) is 37.6 Å². The summed E-state index contributed by atoms with van der Waals surface area (Å²) in [4.78, 5) is 22.7. The zero-order valence-corrected chi connectivity index (χ0v) is 14.4. The number of anilines is 1. The summed E-state index contributed by atoms with van der Waals surface area (Å²) in [5.74, 6) is 1.12. The lowest BCUT2D eigenvalue weighted by Crippen LogP contribution is -2.30. The van der Waals surface area contributed by atoms with Crippen LogP contribution in [0.15, 0.2) is 52.9 Å². The second-order valence-corrected chi connectivity index (χ2v) is 5.91. The van der Waals surface area contributed by atoms with E-state index in [9.17, 15) is 4.79 Å². The standard InChI is InChI=1S/C19H20N4O2/c1-12-9-10-17(25-12)15-11-16(22-19(20)21-15)18(24)23(3)13(2)14-7-5-4-6-8-14/h4-11,13H,1-3H3,(H2,20,21,22). The van der Waals surface area contributed by atoms with E-state index in [1.165, 1.54) is 0 Å². The van der Waals surface area contributed by atoms with Crippen molar-refractivity contribution in [3.8, 4) is 11.5 Å². The first kappa shape index (κ1) is 16.7. The van der Waals surface area contributed by atoms with Crippen molar-refractivity contribution in [3.63, 3.8) is 0 Å². The lowest BCUT2D eigenvalue weighted by atomic mass is 10.1. The van der Waals surface area contributed by atoms with Crippen LogP contribution in [0.1, 0.15) is 34.8 Å². The molecule has 1 aromatic carbocycles. The molecule has 1 amide bonds. The van der Waals surface area contributed by atoms with E-state index in [2.05, 4.69) is 9.97 Å². The monoisotopic (exact) mass is 336 g/mol. The minimum Gasteiger partial charge on any atom is -0.460 e. The van der Waals surface area contributed by atoms with Gasteiger partial charge in [-0.2, -0.15) is 0 Å². The van der Waals surface area contributed by atoms with Crippen LogP contribution >= 0.6 is 0 Å². The predicted molar refractivity (Wildman–Crippen MR) is 95.8 cm³/mol. The number of aryl methyl sites for hydroxylation is 1. The van der Waals surface area contributed by atoms with Crippen molar-refractivity contribution in [1.29, 1.82) is 0 Å². The number of benzene rings is 1. The van der Waals surface area contributed by atoms with Crippen molar-refractivity contribution >= 4 is 11.9 Å². The molecule has 0 aliphatic rings. The van der Waals surface area contributed by atoms with Crippen molar-refractivity contribution in [2.24, 2.45) is 0 Å². The second kappa shape index (κ2) is 6.76. The maximum Gasteiger partial charge on any atom is 0.272 e. The van der Waals surface area contributed by atoms with Gasteiger partial charge in [0.05, 0.1) is 6.04 Å². The van der Waals surface area contributed by atoms with Gasteiger partial charge in [-0.1, -0.05) is 30.3 Å². The van der Waals surface area contributed by atoms with E-state index in [1.807, 2.05) is 50.2 Å². The molecule has 0 aliphatic heterocycles. The Hall–Kier alpha value is -3.15. The first-order valence-electron chi connectivity index (χ1n) is 7.99. The highest BCUT2D eigenvalue weighted by atomic mass is 16.3. The Morgan fingerprint density at radius 3 is 2.52 bits per heavy atom. The fraction of sp³-hybridized carbons (Fsp3) is 0.211. The molecule has 2 N–H and O–H groups in total. The second-order valence-electron chi connectivity index (χ2n) is 5.91. The fourth-order valence-electron chi connectivity index (χ4n) is 2.59. The summed E-state index contributed by atoms with van der Waals surface area (Å²) in [5.41, 5.74) is 7.57. The van der Waals surface area contributed by atoms with Gasteiger partial charge in [0, 0.05) is 7.05 Å². The van der Waals surface area contributed by atoms with Gasteiger partial charge in [0.15, 0.2) is 5.76 Å². The Balaban J connectivity index is 1.90. The Labute approximate surface area is 146 Å². The lowest BCUT2D eigenvalue weighted by molar-refractivity contribution is 0.0736. The lowest BCUT2D eigenvalue weighted by Gasteiger charge is -2.25. The van der Waals surface area contributed by atoms with Crippen molar-refractivity contribution < 1.29 is 9.21 Å². The van der Waals surface area contributed by atoms with Crippen LogP contribution in [0, 0.1) is 6.92 Å². The number of carbonyl (C=O) groups excluding carboxylic acids is 1. The Kier molecular flexibility index (Phi) is 4.52. The van der Waals surface area contributed by atoms with Crippen LogP contribution in [0.25, 0.3) is 11.5 Å². The van der Waals surface area contributed by atoms with Gasteiger partial charge in [-0.3, -0.25) is 4.79 Å². The molecule has 0 saturated carbocycles. The number of carbonyl (C=O) groups is 1. The fourth-order valence-corrected chi connectivity index (χ4v) is 2.59. The quantitative estimate of drug-likeness (QED) is 0.788. The van der Waals surface area contributed by atoms with Gasteiger partial charge in [0.25, 0.3) is 5.91 Å². The molecule has 0 fully saturated rings. The molecule has 0 aliphatic carbocycles. The van der Waals surface area contributed by atoms with Gasteiger partial charge < -0.3 is 15.1 Å². The zero-order chi connectivity index (χ0) is 18.0. The maximum atomic E-state index is 12.8. The summed E-state index contributed by atoms with van der Waals surface area (Å²) in [6.07, 6.45) is 0. The van der Waals surface area contributed by atoms with E-state index in [-0.39, 0.29) is 23.6 Å². The SMILES string of the molecule is Cc1ccc(-c2cc(C(=O)N(C)C(C)c3ccccc3)nc(N)n2)o1. The molecular weight excluding hydrogens is 316 g/mol. The van der Waals surface area contributed by atoms with Crippen LogP contribution < -0.4 is 5.73 Å². The van der Waals surface area contributed by atoms with Crippen LogP contribution in [-0.4, -0.2) is 27.8 Å². The first-order chi connectivity index (χ1) is 12.0. The third-order valence-electron chi connectivity index (χ3n) is 4.14. The maximum absolute atomic E-state index is 12.8. The molecule has 0 radical (unpaired) electrons. The van der Waals surface area contributed by atoms with Crippen molar-refractivity contribution in [1.82, 2.24) is 14.9 Å². The number of nitrogens with two attached hydrogens (primary N) is 1. The van der Waals surface area contributed by atoms with E-state index >= 15 is 0 Å². The van der Waals surface area contributed by atoms with Gasteiger partial charge >= 0.3 is 0 Å². The normalized spacial score (nSPS) is 12.0. The van der Waals surface area contributed by atoms with Crippen LogP contribution in [-0.2, 0) is 0 Å². The smallest absolute Gasteiger partial charge is 0.272 e. The number of nitrogen functional groups attached to an aromatic ring is 1. The summed E-state index contributed by atoms with van der Waals surface area (Å²) < 4.78 is 5.57. The first-order valence-corrected chi connectivity index (χ1v) is 7.99. The van der Waals surface area contributed by atoms with Crippen LogP contribution in [0.5, 0.6) is 0 Å². The number of hydrogen-bond acceptors (Lipinski definition) is 5. The van der Waals surface area contributed by atoms with E-state index in [0.29, 0.717) is 11.5 Å². The highest BCUT2D eigenvalue weighted by Crippen LogP contribution is 2.24. The number of aromatic nitrogens is 2. The predicted octanol–water partition coefficient (Wildman–Crippen LogP) is 3.46. The summed E-state index contributed by atoms with van der Waals surface area (Å²) in [6.45, 7) is 3.81. The molecule has 6 nitrogen and oxygen atoms in total. The minimum absolute atomic E-state index is 0.0377. The average Bonchev–Trinajstić information content (AvgIpc) is 3.06. The number of amides is 1. The molecular formula is C19H20N4O2. The molecule has 6 heteroatoms. The van der Waals surface area contributed by atoms with E-state index in [0.717, 1.165) is 11.3 Å². The van der Waals surface area contributed by atoms with Gasteiger partial charge in [-0.25, -0.2) is 9.97 Å². The topological polar surface area (TPSA) is 85.2 Å². The Morgan fingerprint density at radius 1 is 1.16 bits per heavy atom. The molecule has 3 aromatic rings. The van der Waals surface area contributed by atoms with Gasteiger partial charge in [-0.15, -0.1) is 0 Å². The van der Waals surface area contributed by atoms with Gasteiger partial charge in [0.1, 0.15) is 17.1 Å². The number of furan rings is 1. The Morgan fingerprint density at radius 2 is 1.88 bits per heavy atom. The average molecular weight is 336 g/mol. The van der Waals surface area contributed by atoms with Crippen LogP contribution in [0.4, 0.5) is 5.95 Å². The summed E-state index contributed by atoms with van der Waals surface area (Å²) in [5, 5.41) is 0. The molecule has 1 unspecified atom stereocenters. The third kappa shape index (κ3) is 3.52. The number of hydrogen-bond donors (Lipinski definition) is 1. The highest BCUT2D eigenvalue weighted by molar-refractivity contribution is 5.93. The van der Waals surface area contributed by atoms with Crippen molar-refractivity contribution in [2.45, 2.75) is 19.9 Å². The number of rotatable bonds is 4. The highest BCUT2D eigenvalue weighted by Gasteiger charge is 2.21. The molecule has 128 valence electrons. The molecule has 1 atom stereocenters. The van der Waals surface area contributed by atoms with Gasteiger partial charge in [0.2, 0.25) is 5.95 Å². The summed E-state index contributed by atoms with van der Waals surface area (Å²) in [7, 11) is 1.75. The third-order valence-corrected chi connectivity index (χ3v) is 4.14. The van der Waals surface area contributed by atoms with Crippen molar-refractivity contribution in [2.75, 3.05) is 12.8 Å².